The fraction of sp³-hybridized carbons (Fsp3) is 0.550. The topological polar surface area (TPSA) is 120 Å². The number of aromatic amines is 1. The molecule has 3 aromatic rings. The Hall–Kier alpha value is -3.08. The Bertz CT molecular complexity index is 1070. The summed E-state index contributed by atoms with van der Waals surface area (Å²) in [7, 11) is 2.90. The number of hydrogen-bond acceptors (Lipinski definition) is 8. The number of fused-ring (bicyclic) bond motifs is 1. The molecule has 0 atom stereocenters. The zero-order valence-electron chi connectivity index (χ0n) is 17.8. The number of aryl methyl sites for hydroxylation is 2. The molecule has 0 amide bonds. The van der Waals surface area contributed by atoms with Crippen molar-refractivity contribution in [3.8, 4) is 0 Å². The quantitative estimate of drug-likeness (QED) is 0.548. The summed E-state index contributed by atoms with van der Waals surface area (Å²) >= 11 is 0. The molecule has 1 aliphatic carbocycles. The van der Waals surface area contributed by atoms with E-state index in [9.17, 15) is 9.18 Å². The molecular weight excluding hydrogens is 405 g/mol. The van der Waals surface area contributed by atoms with E-state index in [0.717, 1.165) is 5.69 Å². The van der Waals surface area contributed by atoms with E-state index in [1.807, 2.05) is 13.0 Å². The molecule has 0 bridgehead atoms. The standard InChI is InChI=1S/C20H26FN7O3/c1-12-10-15(27-26-12)23-17-14-11-22-28(9-8-21)18(14)25-16(24-17)13-4-6-20(31-3,7-5-13)19(29)30-2/h10-11,13H,4-9H2,1-3H3,(H2,23,24,25,26,27). The number of hydrogen-bond donors (Lipinski definition) is 2. The molecule has 3 aromatic heterocycles. The Morgan fingerprint density at radius 3 is 2.74 bits per heavy atom. The van der Waals surface area contributed by atoms with E-state index in [2.05, 4.69) is 20.6 Å². The number of esters is 1. The number of carbonyl (C=O) groups excluding carboxylic acids is 1. The number of nitrogens with zero attached hydrogens (tertiary/aromatic N) is 5. The fourth-order valence-electron chi connectivity index (χ4n) is 4.12. The van der Waals surface area contributed by atoms with E-state index >= 15 is 0 Å². The lowest BCUT2D eigenvalue weighted by molar-refractivity contribution is -0.170. The van der Waals surface area contributed by atoms with E-state index in [0.29, 0.717) is 54.2 Å². The average Bonchev–Trinajstić information content (AvgIpc) is 3.39. The Labute approximate surface area is 178 Å². The van der Waals surface area contributed by atoms with Gasteiger partial charge in [0, 0.05) is 24.8 Å². The van der Waals surface area contributed by atoms with Crippen LogP contribution in [0.3, 0.4) is 0 Å². The Morgan fingerprint density at radius 2 is 2.13 bits per heavy atom. The predicted octanol–water partition coefficient (Wildman–Crippen LogP) is 2.79. The maximum absolute atomic E-state index is 13.0. The summed E-state index contributed by atoms with van der Waals surface area (Å²) in [6, 6.07) is 1.86. The van der Waals surface area contributed by atoms with Crippen LogP contribution in [0.2, 0.25) is 0 Å². The molecule has 10 nitrogen and oxygen atoms in total. The van der Waals surface area contributed by atoms with Crippen molar-refractivity contribution < 1.29 is 18.7 Å². The van der Waals surface area contributed by atoms with Gasteiger partial charge in [0.25, 0.3) is 0 Å². The first-order valence-corrected chi connectivity index (χ1v) is 10.2. The molecular formula is C20H26FN7O3. The number of anilines is 2. The van der Waals surface area contributed by atoms with Crippen LogP contribution < -0.4 is 5.32 Å². The predicted molar refractivity (Wildman–Crippen MR) is 111 cm³/mol. The van der Waals surface area contributed by atoms with Gasteiger partial charge >= 0.3 is 5.97 Å². The van der Waals surface area contributed by atoms with Crippen LogP contribution in [0.15, 0.2) is 12.3 Å². The lowest BCUT2D eigenvalue weighted by atomic mass is 9.78. The Balaban J connectivity index is 1.67. The van der Waals surface area contributed by atoms with Crippen molar-refractivity contribution >= 4 is 28.6 Å². The number of rotatable bonds is 7. The van der Waals surface area contributed by atoms with E-state index in [1.54, 1.807) is 6.20 Å². The summed E-state index contributed by atoms with van der Waals surface area (Å²) in [5, 5.41) is 15.3. The normalized spacial score (nSPS) is 21.4. The summed E-state index contributed by atoms with van der Waals surface area (Å²) in [4.78, 5) is 21.7. The second-order valence-corrected chi connectivity index (χ2v) is 7.75. The van der Waals surface area contributed by atoms with Crippen LogP contribution in [0.5, 0.6) is 0 Å². The number of aromatic nitrogens is 6. The van der Waals surface area contributed by atoms with E-state index in [-0.39, 0.29) is 18.4 Å². The largest absolute Gasteiger partial charge is 0.467 e. The molecule has 3 heterocycles. The van der Waals surface area contributed by atoms with Crippen LogP contribution in [0.25, 0.3) is 11.0 Å². The van der Waals surface area contributed by atoms with Gasteiger partial charge in [0.2, 0.25) is 0 Å². The van der Waals surface area contributed by atoms with Crippen molar-refractivity contribution in [2.24, 2.45) is 0 Å². The molecule has 1 fully saturated rings. The van der Waals surface area contributed by atoms with Gasteiger partial charge < -0.3 is 14.8 Å². The van der Waals surface area contributed by atoms with Crippen molar-refractivity contribution in [1.82, 2.24) is 29.9 Å². The molecule has 4 rings (SSSR count). The SMILES string of the molecule is COC(=O)C1(OC)CCC(c2nc(Nc3cc(C)[nH]n3)c3cnn(CCF)c3n2)CC1. The van der Waals surface area contributed by atoms with Crippen LogP contribution in [0.1, 0.15) is 43.1 Å². The third-order valence-corrected chi connectivity index (χ3v) is 5.87. The molecule has 31 heavy (non-hydrogen) atoms. The number of carbonyl (C=O) groups is 1. The number of halogens is 1. The monoisotopic (exact) mass is 431 g/mol. The molecule has 0 saturated heterocycles. The molecule has 0 spiro atoms. The van der Waals surface area contributed by atoms with Crippen molar-refractivity contribution in [3.05, 3.63) is 23.8 Å². The summed E-state index contributed by atoms with van der Waals surface area (Å²) in [6.45, 7) is 1.47. The first kappa shape index (κ1) is 21.2. The minimum absolute atomic E-state index is 0.0209. The van der Waals surface area contributed by atoms with Crippen molar-refractivity contribution in [3.63, 3.8) is 0 Å². The number of methoxy groups -OCH3 is 2. The number of nitrogens with one attached hydrogen (secondary N) is 2. The van der Waals surface area contributed by atoms with Gasteiger partial charge in [-0.05, 0) is 32.6 Å². The first-order chi connectivity index (χ1) is 15.0. The van der Waals surface area contributed by atoms with Gasteiger partial charge in [-0.3, -0.25) is 5.10 Å². The first-order valence-electron chi connectivity index (χ1n) is 10.2. The summed E-state index contributed by atoms with van der Waals surface area (Å²) in [6.07, 6.45) is 3.96. The van der Waals surface area contributed by atoms with E-state index in [1.165, 1.54) is 18.9 Å². The highest BCUT2D eigenvalue weighted by atomic mass is 19.1. The number of H-pyrrole nitrogens is 1. The maximum Gasteiger partial charge on any atom is 0.338 e. The van der Waals surface area contributed by atoms with Crippen LogP contribution in [-0.4, -0.2) is 62.4 Å². The van der Waals surface area contributed by atoms with Crippen LogP contribution in [-0.2, 0) is 20.8 Å². The molecule has 1 saturated carbocycles. The van der Waals surface area contributed by atoms with E-state index in [4.69, 9.17) is 19.4 Å². The molecule has 2 N–H and O–H groups in total. The zero-order chi connectivity index (χ0) is 22.0. The highest BCUT2D eigenvalue weighted by Crippen LogP contribution is 2.40. The Morgan fingerprint density at radius 1 is 1.35 bits per heavy atom. The lowest BCUT2D eigenvalue weighted by Crippen LogP contribution is -2.44. The minimum atomic E-state index is -0.932. The fourth-order valence-corrected chi connectivity index (χ4v) is 4.12. The van der Waals surface area contributed by atoms with Crippen molar-refractivity contribution in [2.45, 2.75) is 50.7 Å². The van der Waals surface area contributed by atoms with Crippen LogP contribution >= 0.6 is 0 Å². The highest BCUT2D eigenvalue weighted by molar-refractivity contribution is 5.88. The second-order valence-electron chi connectivity index (χ2n) is 7.75. The molecule has 166 valence electrons. The maximum atomic E-state index is 13.0. The summed E-state index contributed by atoms with van der Waals surface area (Å²) in [5.74, 6) is 1.47. The molecule has 0 radical (unpaired) electrons. The smallest absolute Gasteiger partial charge is 0.338 e. The van der Waals surface area contributed by atoms with Gasteiger partial charge in [0.05, 0.1) is 25.2 Å². The average molecular weight is 431 g/mol. The third kappa shape index (κ3) is 3.97. The van der Waals surface area contributed by atoms with E-state index < -0.39 is 12.3 Å². The molecule has 11 heteroatoms. The van der Waals surface area contributed by atoms with Crippen LogP contribution in [0, 0.1) is 6.92 Å². The van der Waals surface area contributed by atoms with Gasteiger partial charge in [0.15, 0.2) is 17.1 Å². The molecule has 0 aliphatic heterocycles. The number of alkyl halides is 1. The zero-order valence-corrected chi connectivity index (χ0v) is 17.8. The summed E-state index contributed by atoms with van der Waals surface area (Å²) < 4.78 is 25.0. The highest BCUT2D eigenvalue weighted by Gasteiger charge is 2.44. The molecule has 0 unspecified atom stereocenters. The van der Waals surface area contributed by atoms with Gasteiger partial charge in [-0.25, -0.2) is 23.8 Å². The second kappa shape index (κ2) is 8.58. The molecule has 0 aromatic carbocycles. The number of ether oxygens (including phenoxy) is 2. The Kier molecular flexibility index (Phi) is 5.86. The van der Waals surface area contributed by atoms with Crippen molar-refractivity contribution in [2.75, 3.05) is 26.2 Å². The van der Waals surface area contributed by atoms with Gasteiger partial charge in [-0.2, -0.15) is 10.2 Å². The van der Waals surface area contributed by atoms with Gasteiger partial charge in [-0.1, -0.05) is 0 Å². The van der Waals surface area contributed by atoms with Gasteiger partial charge in [0.1, 0.15) is 18.3 Å². The van der Waals surface area contributed by atoms with Crippen LogP contribution in [0.4, 0.5) is 16.0 Å². The minimum Gasteiger partial charge on any atom is -0.467 e. The molecule has 1 aliphatic rings. The van der Waals surface area contributed by atoms with Crippen molar-refractivity contribution in [1.29, 1.82) is 0 Å². The summed E-state index contributed by atoms with van der Waals surface area (Å²) in [5.41, 5.74) is 0.542. The van der Waals surface area contributed by atoms with Gasteiger partial charge in [-0.15, -0.1) is 0 Å². The third-order valence-electron chi connectivity index (χ3n) is 5.87. The lowest BCUT2D eigenvalue weighted by Gasteiger charge is -2.36.